The van der Waals surface area contributed by atoms with Gasteiger partial charge in [-0.1, -0.05) is 31.2 Å². The van der Waals surface area contributed by atoms with Crippen LogP contribution < -0.4 is 0 Å². The molecule has 0 bridgehead atoms. The average Bonchev–Trinajstić information content (AvgIpc) is 3.43. The summed E-state index contributed by atoms with van der Waals surface area (Å²) in [6.07, 6.45) is 4.10. The highest BCUT2D eigenvalue weighted by Gasteiger charge is 2.33. The fourth-order valence-corrected chi connectivity index (χ4v) is 4.56. The van der Waals surface area contributed by atoms with Crippen LogP contribution in [0.2, 0.25) is 0 Å². The summed E-state index contributed by atoms with van der Waals surface area (Å²) in [6.45, 7) is 8.19. The zero-order valence-corrected chi connectivity index (χ0v) is 17.9. The predicted molar refractivity (Wildman–Crippen MR) is 114 cm³/mol. The molecular weight excluding hydrogens is 385 g/mol. The third-order valence-corrected chi connectivity index (χ3v) is 6.73. The molecule has 29 heavy (non-hydrogen) atoms. The van der Waals surface area contributed by atoms with Gasteiger partial charge in [0.2, 0.25) is 0 Å². The maximum absolute atomic E-state index is 13.3. The molecule has 3 aromatic rings. The van der Waals surface area contributed by atoms with Crippen LogP contribution in [0.1, 0.15) is 55.9 Å². The number of hydrogen-bond donors (Lipinski definition) is 0. The van der Waals surface area contributed by atoms with Gasteiger partial charge in [0, 0.05) is 18.0 Å². The van der Waals surface area contributed by atoms with Crippen molar-refractivity contribution in [2.75, 3.05) is 13.1 Å². The van der Waals surface area contributed by atoms with Crippen molar-refractivity contribution in [3.63, 3.8) is 0 Å². The molecule has 0 saturated carbocycles. The zero-order valence-electron chi connectivity index (χ0n) is 17.0. The topological polar surface area (TPSA) is 46.8 Å². The van der Waals surface area contributed by atoms with E-state index in [0.717, 1.165) is 37.3 Å². The second-order valence-electron chi connectivity index (χ2n) is 8.01. The largest absolute Gasteiger partial charge is 0.285 e. The standard InChI is InChI=1S/C22H26FN5S/c1-4-22(2,3)28-21(24-25-26-28)20(19-6-5-15-29-19)27-13-11-17(12-14-27)16-7-9-18(23)10-8-16/h5-11,15,20H,4,12-14H2,1-3H3/t20-/m0/s1. The second-order valence-corrected chi connectivity index (χ2v) is 8.99. The molecule has 1 atom stereocenters. The summed E-state index contributed by atoms with van der Waals surface area (Å²) in [4.78, 5) is 3.67. The van der Waals surface area contributed by atoms with E-state index in [1.165, 1.54) is 22.6 Å². The Morgan fingerprint density at radius 1 is 1.21 bits per heavy atom. The number of tetrazole rings is 1. The molecule has 0 unspecified atom stereocenters. The van der Waals surface area contributed by atoms with Crippen molar-refractivity contribution < 1.29 is 4.39 Å². The molecule has 152 valence electrons. The molecule has 0 spiro atoms. The number of rotatable bonds is 6. The molecule has 1 aliphatic rings. The lowest BCUT2D eigenvalue weighted by atomic mass is 9.97. The van der Waals surface area contributed by atoms with Gasteiger partial charge in [-0.05, 0) is 71.8 Å². The SMILES string of the molecule is CCC(C)(C)n1nnnc1[C@H](c1cccs1)N1CC=C(c2ccc(F)cc2)CC1. The molecule has 0 aliphatic carbocycles. The van der Waals surface area contributed by atoms with Crippen molar-refractivity contribution in [2.24, 2.45) is 0 Å². The van der Waals surface area contributed by atoms with Crippen molar-refractivity contribution >= 4 is 16.9 Å². The van der Waals surface area contributed by atoms with E-state index >= 15 is 0 Å². The Labute approximate surface area is 174 Å². The van der Waals surface area contributed by atoms with Gasteiger partial charge in [0.05, 0.1) is 5.54 Å². The van der Waals surface area contributed by atoms with Gasteiger partial charge in [-0.25, -0.2) is 9.07 Å². The highest BCUT2D eigenvalue weighted by Crippen LogP contribution is 2.35. The van der Waals surface area contributed by atoms with Gasteiger partial charge >= 0.3 is 0 Å². The molecule has 0 saturated heterocycles. The summed E-state index contributed by atoms with van der Waals surface area (Å²) in [7, 11) is 0. The minimum atomic E-state index is -0.199. The van der Waals surface area contributed by atoms with Gasteiger partial charge in [0.15, 0.2) is 5.82 Å². The number of nitrogens with zero attached hydrogens (tertiary/aromatic N) is 5. The first-order valence-electron chi connectivity index (χ1n) is 10.0. The third-order valence-electron chi connectivity index (χ3n) is 5.81. The molecule has 7 heteroatoms. The quantitative estimate of drug-likeness (QED) is 0.579. The van der Waals surface area contributed by atoms with Gasteiger partial charge in [-0.2, -0.15) is 0 Å². The highest BCUT2D eigenvalue weighted by molar-refractivity contribution is 7.10. The van der Waals surface area contributed by atoms with Crippen LogP contribution in [0, 0.1) is 5.82 Å². The summed E-state index contributed by atoms with van der Waals surface area (Å²) in [5.41, 5.74) is 2.20. The normalized spacial score (nSPS) is 16.6. The smallest absolute Gasteiger partial charge is 0.174 e. The first kappa shape index (κ1) is 19.9. The molecule has 0 radical (unpaired) electrons. The summed E-state index contributed by atoms with van der Waals surface area (Å²) in [6, 6.07) is 11.0. The Morgan fingerprint density at radius 2 is 2.00 bits per heavy atom. The second kappa shape index (κ2) is 8.16. The Hall–Kier alpha value is -2.38. The fourth-order valence-electron chi connectivity index (χ4n) is 3.71. The molecule has 3 heterocycles. The van der Waals surface area contributed by atoms with Crippen LogP contribution in [0.4, 0.5) is 4.39 Å². The molecule has 1 aliphatic heterocycles. The van der Waals surface area contributed by atoms with Crippen LogP contribution in [0.15, 0.2) is 47.9 Å². The van der Waals surface area contributed by atoms with E-state index in [4.69, 9.17) is 0 Å². The van der Waals surface area contributed by atoms with Crippen molar-refractivity contribution in [1.82, 2.24) is 25.1 Å². The monoisotopic (exact) mass is 411 g/mol. The van der Waals surface area contributed by atoms with Gasteiger partial charge in [-0.3, -0.25) is 4.90 Å². The molecule has 2 aromatic heterocycles. The van der Waals surface area contributed by atoms with E-state index in [9.17, 15) is 4.39 Å². The van der Waals surface area contributed by atoms with Crippen LogP contribution in [0.25, 0.3) is 5.57 Å². The van der Waals surface area contributed by atoms with Crippen LogP contribution in [0.3, 0.4) is 0 Å². The lowest BCUT2D eigenvalue weighted by Crippen LogP contribution is -2.37. The highest BCUT2D eigenvalue weighted by atomic mass is 32.1. The molecule has 0 N–H and O–H groups in total. The summed E-state index contributed by atoms with van der Waals surface area (Å²) >= 11 is 1.74. The number of hydrogen-bond acceptors (Lipinski definition) is 5. The van der Waals surface area contributed by atoms with Crippen molar-refractivity contribution in [3.05, 3.63) is 69.9 Å². The molecule has 0 amide bonds. The predicted octanol–water partition coefficient (Wildman–Crippen LogP) is 4.90. The first-order chi connectivity index (χ1) is 14.0. The van der Waals surface area contributed by atoms with Gasteiger partial charge < -0.3 is 0 Å². The Balaban J connectivity index is 1.65. The maximum Gasteiger partial charge on any atom is 0.174 e. The van der Waals surface area contributed by atoms with E-state index in [0.29, 0.717) is 0 Å². The molecule has 0 fully saturated rings. The minimum absolute atomic E-state index is 0.0156. The summed E-state index contributed by atoms with van der Waals surface area (Å²) in [5.74, 6) is 0.688. The van der Waals surface area contributed by atoms with Crippen LogP contribution >= 0.6 is 11.3 Å². The average molecular weight is 412 g/mol. The van der Waals surface area contributed by atoms with Crippen molar-refractivity contribution in [3.8, 4) is 0 Å². The summed E-state index contributed by atoms with van der Waals surface area (Å²) < 4.78 is 15.2. The Kier molecular flexibility index (Phi) is 5.61. The molecule has 1 aromatic carbocycles. The minimum Gasteiger partial charge on any atom is -0.285 e. The lowest BCUT2D eigenvalue weighted by Gasteiger charge is -2.34. The number of aromatic nitrogens is 4. The number of benzene rings is 1. The van der Waals surface area contributed by atoms with Crippen molar-refractivity contribution in [1.29, 1.82) is 0 Å². The summed E-state index contributed by atoms with van der Waals surface area (Å²) in [5, 5.41) is 14.9. The lowest BCUT2D eigenvalue weighted by molar-refractivity contribution is 0.215. The molecule has 4 rings (SSSR count). The Bertz CT molecular complexity index is 975. The van der Waals surface area contributed by atoms with Crippen molar-refractivity contribution in [2.45, 2.75) is 45.2 Å². The van der Waals surface area contributed by atoms with Crippen LogP contribution in [0.5, 0.6) is 0 Å². The van der Waals surface area contributed by atoms with E-state index in [-0.39, 0.29) is 17.4 Å². The zero-order chi connectivity index (χ0) is 20.4. The van der Waals surface area contributed by atoms with Crippen LogP contribution in [-0.2, 0) is 5.54 Å². The fraction of sp³-hybridized carbons (Fsp3) is 0.409. The van der Waals surface area contributed by atoms with Gasteiger partial charge in [-0.15, -0.1) is 16.4 Å². The van der Waals surface area contributed by atoms with Gasteiger partial charge in [0.1, 0.15) is 11.9 Å². The third kappa shape index (κ3) is 4.02. The molecule has 5 nitrogen and oxygen atoms in total. The molecular formula is C22H26FN5S. The van der Waals surface area contributed by atoms with E-state index in [2.05, 4.69) is 64.8 Å². The number of thiophene rings is 1. The first-order valence-corrected chi connectivity index (χ1v) is 10.9. The van der Waals surface area contributed by atoms with E-state index in [1.807, 2.05) is 16.8 Å². The maximum atomic E-state index is 13.3. The Morgan fingerprint density at radius 3 is 2.62 bits per heavy atom. The van der Waals surface area contributed by atoms with E-state index in [1.54, 1.807) is 11.3 Å². The van der Waals surface area contributed by atoms with Gasteiger partial charge in [0.25, 0.3) is 0 Å². The van der Waals surface area contributed by atoms with E-state index < -0.39 is 0 Å². The van der Waals surface area contributed by atoms with Crippen LogP contribution in [-0.4, -0.2) is 38.2 Å². The number of halogens is 1.